The largest absolute Gasteiger partial charge is 0.477 e. The van der Waals surface area contributed by atoms with Crippen molar-refractivity contribution in [1.29, 1.82) is 0 Å². The summed E-state index contributed by atoms with van der Waals surface area (Å²) < 4.78 is 0. The number of carboxylic acid groups (broad SMARTS) is 1. The van der Waals surface area contributed by atoms with Crippen molar-refractivity contribution in [3.8, 4) is 0 Å². The number of aromatic carboxylic acids is 1. The molecule has 0 amide bonds. The molecule has 0 spiro atoms. The number of nitrogens with zero attached hydrogens (tertiary/aromatic N) is 3. The summed E-state index contributed by atoms with van der Waals surface area (Å²) in [6.45, 7) is 0.459. The van der Waals surface area contributed by atoms with Crippen LogP contribution in [0.25, 0.3) is 0 Å². The summed E-state index contributed by atoms with van der Waals surface area (Å²) in [6, 6.07) is 1.23. The van der Waals surface area contributed by atoms with Gasteiger partial charge in [0, 0.05) is 6.07 Å². The van der Waals surface area contributed by atoms with Crippen molar-refractivity contribution in [1.82, 2.24) is 14.9 Å². The first-order valence-corrected chi connectivity index (χ1v) is 4.28. The first-order chi connectivity index (χ1) is 6.49. The van der Waals surface area contributed by atoms with E-state index in [0.29, 0.717) is 12.4 Å². The summed E-state index contributed by atoms with van der Waals surface area (Å²) in [5.74, 6) is -0.700. The second kappa shape index (κ2) is 4.34. The monoisotopic (exact) mass is 215 g/mol. The normalized spacial score (nSPS) is 10.6. The van der Waals surface area contributed by atoms with Crippen molar-refractivity contribution in [3.05, 3.63) is 22.7 Å². The zero-order valence-corrected chi connectivity index (χ0v) is 8.62. The molecule has 1 aromatic heterocycles. The highest BCUT2D eigenvalue weighted by Crippen LogP contribution is 2.08. The Kier molecular flexibility index (Phi) is 3.38. The van der Waals surface area contributed by atoms with E-state index in [1.807, 2.05) is 19.0 Å². The fourth-order valence-electron chi connectivity index (χ4n) is 0.928. The van der Waals surface area contributed by atoms with Crippen LogP contribution in [0.3, 0.4) is 0 Å². The summed E-state index contributed by atoms with van der Waals surface area (Å²) >= 11 is 5.64. The lowest BCUT2D eigenvalue weighted by molar-refractivity contribution is 0.0689. The Bertz CT molecular complexity index is 354. The molecule has 5 nitrogen and oxygen atoms in total. The molecule has 0 aliphatic heterocycles. The highest BCUT2D eigenvalue weighted by molar-refractivity contribution is 6.29. The third-order valence-electron chi connectivity index (χ3n) is 1.42. The van der Waals surface area contributed by atoms with Gasteiger partial charge in [-0.2, -0.15) is 0 Å². The van der Waals surface area contributed by atoms with Crippen molar-refractivity contribution < 1.29 is 9.90 Å². The molecule has 76 valence electrons. The van der Waals surface area contributed by atoms with Gasteiger partial charge in [-0.3, -0.25) is 0 Å². The predicted molar refractivity (Wildman–Crippen MR) is 51.4 cm³/mol. The molecule has 0 aliphatic carbocycles. The molecular formula is C8H10ClN3O2. The summed E-state index contributed by atoms with van der Waals surface area (Å²) in [5.41, 5.74) is -0.0816. The number of carbonyl (C=O) groups is 1. The van der Waals surface area contributed by atoms with Crippen molar-refractivity contribution in [3.63, 3.8) is 0 Å². The van der Waals surface area contributed by atoms with Gasteiger partial charge >= 0.3 is 5.97 Å². The quantitative estimate of drug-likeness (QED) is 0.759. The lowest BCUT2D eigenvalue weighted by Gasteiger charge is -2.08. The summed E-state index contributed by atoms with van der Waals surface area (Å²) in [5, 5.41) is 8.85. The van der Waals surface area contributed by atoms with Gasteiger partial charge in [0.1, 0.15) is 11.0 Å². The van der Waals surface area contributed by atoms with Gasteiger partial charge in [-0.05, 0) is 14.1 Å². The number of rotatable bonds is 3. The number of hydrogen-bond donors (Lipinski definition) is 1. The molecule has 0 fully saturated rings. The summed E-state index contributed by atoms with van der Waals surface area (Å²) in [4.78, 5) is 20.2. The standard InChI is InChI=1S/C8H10ClN3O2/c1-12(2)4-7-10-5(8(13)14)3-6(9)11-7/h3H,4H2,1-2H3,(H,13,14). The minimum Gasteiger partial charge on any atom is -0.477 e. The molecule has 0 atom stereocenters. The second-order valence-electron chi connectivity index (χ2n) is 3.04. The molecule has 6 heteroatoms. The Balaban J connectivity index is 3.01. The van der Waals surface area contributed by atoms with E-state index in [9.17, 15) is 4.79 Å². The van der Waals surface area contributed by atoms with Crippen LogP contribution in [-0.2, 0) is 6.54 Å². The number of halogens is 1. The first kappa shape index (κ1) is 10.9. The highest BCUT2D eigenvalue weighted by atomic mass is 35.5. The zero-order chi connectivity index (χ0) is 10.7. The van der Waals surface area contributed by atoms with E-state index in [2.05, 4.69) is 9.97 Å². The van der Waals surface area contributed by atoms with Crippen LogP contribution in [0.15, 0.2) is 6.07 Å². The number of hydrogen-bond acceptors (Lipinski definition) is 4. The lowest BCUT2D eigenvalue weighted by atomic mass is 10.4. The Morgan fingerprint density at radius 1 is 1.57 bits per heavy atom. The van der Waals surface area contributed by atoms with Crippen LogP contribution in [0.5, 0.6) is 0 Å². The van der Waals surface area contributed by atoms with Crippen LogP contribution >= 0.6 is 11.6 Å². The average Bonchev–Trinajstić information content (AvgIpc) is 2.01. The van der Waals surface area contributed by atoms with Gasteiger partial charge in [-0.15, -0.1) is 0 Å². The average molecular weight is 216 g/mol. The van der Waals surface area contributed by atoms with E-state index in [-0.39, 0.29) is 10.8 Å². The van der Waals surface area contributed by atoms with Crippen LogP contribution < -0.4 is 0 Å². The van der Waals surface area contributed by atoms with E-state index < -0.39 is 5.97 Å². The number of aromatic nitrogens is 2. The minimum absolute atomic E-state index is 0.0816. The topological polar surface area (TPSA) is 66.3 Å². The van der Waals surface area contributed by atoms with E-state index in [1.54, 1.807) is 0 Å². The molecule has 0 bridgehead atoms. The van der Waals surface area contributed by atoms with E-state index in [1.165, 1.54) is 6.07 Å². The van der Waals surface area contributed by atoms with Crippen LogP contribution in [0.4, 0.5) is 0 Å². The van der Waals surface area contributed by atoms with E-state index in [0.717, 1.165) is 0 Å². The Morgan fingerprint density at radius 3 is 2.71 bits per heavy atom. The molecular weight excluding hydrogens is 206 g/mol. The second-order valence-corrected chi connectivity index (χ2v) is 3.42. The smallest absolute Gasteiger partial charge is 0.354 e. The van der Waals surface area contributed by atoms with Gasteiger partial charge < -0.3 is 10.0 Å². The molecule has 0 saturated carbocycles. The van der Waals surface area contributed by atoms with Gasteiger partial charge in [-0.25, -0.2) is 14.8 Å². The van der Waals surface area contributed by atoms with Crippen molar-refractivity contribution in [2.45, 2.75) is 6.54 Å². The molecule has 0 saturated heterocycles. The predicted octanol–water partition coefficient (Wildman–Crippen LogP) is 0.890. The zero-order valence-electron chi connectivity index (χ0n) is 7.86. The molecule has 0 aromatic carbocycles. The fraction of sp³-hybridized carbons (Fsp3) is 0.375. The molecule has 1 aromatic rings. The van der Waals surface area contributed by atoms with Gasteiger partial charge in [0.15, 0.2) is 5.69 Å². The molecule has 1 rings (SSSR count). The van der Waals surface area contributed by atoms with Gasteiger partial charge in [0.25, 0.3) is 0 Å². The maximum atomic E-state index is 10.6. The maximum absolute atomic E-state index is 10.6. The molecule has 1 N–H and O–H groups in total. The van der Waals surface area contributed by atoms with Crippen molar-refractivity contribution in [2.24, 2.45) is 0 Å². The Hall–Kier alpha value is -1.20. The fourth-order valence-corrected chi connectivity index (χ4v) is 1.13. The summed E-state index contributed by atoms with van der Waals surface area (Å²) in [6.07, 6.45) is 0. The highest BCUT2D eigenvalue weighted by Gasteiger charge is 2.09. The molecule has 0 radical (unpaired) electrons. The van der Waals surface area contributed by atoms with Gasteiger partial charge in [0.2, 0.25) is 0 Å². The molecule has 0 aliphatic rings. The third-order valence-corrected chi connectivity index (χ3v) is 1.61. The van der Waals surface area contributed by atoms with Crippen molar-refractivity contribution >= 4 is 17.6 Å². The minimum atomic E-state index is -1.10. The lowest BCUT2D eigenvalue weighted by Crippen LogP contribution is -2.15. The van der Waals surface area contributed by atoms with Crippen LogP contribution in [0, 0.1) is 0 Å². The summed E-state index contributed by atoms with van der Waals surface area (Å²) in [7, 11) is 3.68. The van der Waals surface area contributed by atoms with Crippen LogP contribution in [0.2, 0.25) is 5.15 Å². The number of carboxylic acids is 1. The third kappa shape index (κ3) is 2.93. The van der Waals surface area contributed by atoms with Gasteiger partial charge in [-0.1, -0.05) is 11.6 Å². The van der Waals surface area contributed by atoms with E-state index >= 15 is 0 Å². The van der Waals surface area contributed by atoms with Gasteiger partial charge in [0.05, 0.1) is 6.54 Å². The Morgan fingerprint density at radius 2 is 2.21 bits per heavy atom. The molecule has 1 heterocycles. The SMILES string of the molecule is CN(C)Cc1nc(Cl)cc(C(=O)O)n1. The molecule has 0 unspecified atom stereocenters. The maximum Gasteiger partial charge on any atom is 0.354 e. The van der Waals surface area contributed by atoms with Crippen molar-refractivity contribution in [2.75, 3.05) is 14.1 Å². The van der Waals surface area contributed by atoms with Crippen LogP contribution in [0.1, 0.15) is 16.3 Å². The first-order valence-electron chi connectivity index (χ1n) is 3.90. The van der Waals surface area contributed by atoms with E-state index in [4.69, 9.17) is 16.7 Å². The Labute approximate surface area is 86.3 Å². The van der Waals surface area contributed by atoms with Crippen LogP contribution in [-0.4, -0.2) is 40.0 Å². The molecule has 14 heavy (non-hydrogen) atoms.